The molecule has 0 bridgehead atoms. The number of hydrogen-bond acceptors (Lipinski definition) is 4. The summed E-state index contributed by atoms with van der Waals surface area (Å²) in [5.74, 6) is 0.165. The maximum atomic E-state index is 12.7. The maximum absolute atomic E-state index is 12.7. The topological polar surface area (TPSA) is 95.0 Å². The Kier molecular flexibility index (Phi) is 6.85. The molecular weight excluding hydrogens is 472 g/mol. The van der Waals surface area contributed by atoms with Gasteiger partial charge in [-0.05, 0) is 11.1 Å². The number of benzene rings is 3. The lowest BCUT2D eigenvalue weighted by Gasteiger charge is -2.03. The zero-order valence-electron chi connectivity index (χ0n) is 17.3. The first kappa shape index (κ1) is 22.9. The highest BCUT2D eigenvalue weighted by atomic mass is 79.9. The molecule has 0 aliphatic rings. The van der Waals surface area contributed by atoms with E-state index in [0.717, 1.165) is 22.4 Å². The monoisotopic (exact) mass is 492 g/mol. The van der Waals surface area contributed by atoms with Crippen LogP contribution >= 0.6 is 0 Å². The van der Waals surface area contributed by atoms with Gasteiger partial charge in [0.25, 0.3) is 5.69 Å². The van der Waals surface area contributed by atoms with Gasteiger partial charge < -0.3 is 17.0 Å². The van der Waals surface area contributed by atoms with Gasteiger partial charge in [0.2, 0.25) is 0 Å². The van der Waals surface area contributed by atoms with E-state index >= 15 is 0 Å². The number of nitro groups is 1. The van der Waals surface area contributed by atoms with Crippen molar-refractivity contribution < 1.29 is 31.3 Å². The average molecular weight is 493 g/mol. The van der Waals surface area contributed by atoms with Crippen molar-refractivity contribution in [3.05, 3.63) is 101 Å². The minimum absolute atomic E-state index is 0. The summed E-state index contributed by atoms with van der Waals surface area (Å²) in [5, 5.41) is 11.0. The van der Waals surface area contributed by atoms with Gasteiger partial charge in [-0.25, -0.2) is 9.13 Å². The van der Waals surface area contributed by atoms with Crippen LogP contribution < -0.4 is 27.3 Å². The molecule has 0 unspecified atom stereocenters. The standard InChI is InChI=1S/C24H20N4O3.BrH/c1-26-22(19-12-10-18(11-13-19)17-6-3-2-4-7-17)15-27(24(26)25)16-23(29)20-8-5-9-21(14-20)28(30)31;/h2-15,25H,16H2,1H3;1H. The first-order valence-electron chi connectivity index (χ1n) is 9.72. The molecule has 8 heteroatoms. The molecule has 162 valence electrons. The van der Waals surface area contributed by atoms with Crippen molar-refractivity contribution in [1.82, 2.24) is 4.57 Å². The van der Waals surface area contributed by atoms with Gasteiger partial charge in [-0.15, -0.1) is 0 Å². The summed E-state index contributed by atoms with van der Waals surface area (Å²) >= 11 is 0. The number of carbonyl (C=O) groups is 1. The van der Waals surface area contributed by atoms with Crippen LogP contribution in [0, 0.1) is 10.1 Å². The van der Waals surface area contributed by atoms with E-state index in [2.05, 4.69) is 12.1 Å². The van der Waals surface area contributed by atoms with Crippen LogP contribution in [0.15, 0.2) is 85.1 Å². The molecule has 0 saturated carbocycles. The predicted octanol–water partition coefficient (Wildman–Crippen LogP) is 1.02. The molecule has 1 heterocycles. The lowest BCUT2D eigenvalue weighted by atomic mass is 10.0. The highest BCUT2D eigenvalue weighted by molar-refractivity contribution is 5.95. The van der Waals surface area contributed by atoms with E-state index in [4.69, 9.17) is 5.73 Å². The second-order valence-electron chi connectivity index (χ2n) is 7.23. The number of Topliss-reactive ketones (excluding diaryl/α,β-unsaturated/α-hetero) is 1. The molecule has 1 aromatic heterocycles. The summed E-state index contributed by atoms with van der Waals surface area (Å²) in [7, 11) is 1.84. The number of anilines is 1. The smallest absolute Gasteiger partial charge is 0.355 e. The number of aromatic nitrogens is 2. The molecule has 0 aliphatic heterocycles. The van der Waals surface area contributed by atoms with Gasteiger partial charge in [-0.1, -0.05) is 66.7 Å². The molecule has 4 aromatic rings. The Morgan fingerprint density at radius 1 is 0.969 bits per heavy atom. The van der Waals surface area contributed by atoms with Crippen LogP contribution in [0.25, 0.3) is 22.4 Å². The van der Waals surface area contributed by atoms with Crippen LogP contribution in [-0.4, -0.2) is 15.3 Å². The molecule has 0 aliphatic carbocycles. The molecule has 7 nitrogen and oxygen atoms in total. The van der Waals surface area contributed by atoms with Gasteiger partial charge in [-0.2, -0.15) is 0 Å². The Morgan fingerprint density at radius 3 is 2.25 bits per heavy atom. The van der Waals surface area contributed by atoms with Crippen LogP contribution in [0.3, 0.4) is 0 Å². The molecule has 0 radical (unpaired) electrons. The van der Waals surface area contributed by atoms with Crippen LogP contribution in [0.5, 0.6) is 0 Å². The summed E-state index contributed by atoms with van der Waals surface area (Å²) in [6.45, 7) is -0.0110. The van der Waals surface area contributed by atoms with Gasteiger partial charge in [-0.3, -0.25) is 20.6 Å². The Hall–Kier alpha value is -3.78. The van der Waals surface area contributed by atoms with E-state index in [9.17, 15) is 14.9 Å². The van der Waals surface area contributed by atoms with E-state index in [1.807, 2.05) is 60.3 Å². The zero-order chi connectivity index (χ0) is 22.0. The molecule has 0 saturated heterocycles. The summed E-state index contributed by atoms with van der Waals surface area (Å²) in [5.41, 5.74) is 10.5. The second-order valence-corrected chi connectivity index (χ2v) is 7.23. The second kappa shape index (κ2) is 9.57. The van der Waals surface area contributed by atoms with Crippen molar-refractivity contribution in [2.45, 2.75) is 6.54 Å². The number of ketones is 1. The third-order valence-electron chi connectivity index (χ3n) is 5.26. The van der Waals surface area contributed by atoms with Gasteiger partial charge >= 0.3 is 5.95 Å². The predicted molar refractivity (Wildman–Crippen MR) is 118 cm³/mol. The molecule has 4 rings (SSSR count). The number of nitro benzene ring substituents is 1. The summed E-state index contributed by atoms with van der Waals surface area (Å²) in [6.07, 6.45) is 1.82. The highest BCUT2D eigenvalue weighted by Crippen LogP contribution is 2.25. The summed E-state index contributed by atoms with van der Waals surface area (Å²) in [4.78, 5) is 23.1. The zero-order valence-corrected chi connectivity index (χ0v) is 18.9. The number of nitrogen functional groups attached to an aromatic ring is 1. The first-order valence-corrected chi connectivity index (χ1v) is 9.72. The van der Waals surface area contributed by atoms with Crippen LogP contribution in [-0.2, 0) is 13.6 Å². The quantitative estimate of drug-likeness (QED) is 0.188. The van der Waals surface area contributed by atoms with Crippen LogP contribution in [0.1, 0.15) is 10.4 Å². The van der Waals surface area contributed by atoms with Crippen molar-refractivity contribution in [3.63, 3.8) is 0 Å². The number of imidazole rings is 1. The Labute approximate surface area is 195 Å². The summed E-state index contributed by atoms with van der Waals surface area (Å²) < 4.78 is 3.47. The number of hydrogen-bond donors (Lipinski definition) is 1. The van der Waals surface area contributed by atoms with Gasteiger partial charge in [0.1, 0.15) is 18.4 Å². The SMILES string of the molecule is Cn1c(-c2ccc(-c3ccccc3)cc2)c[n+](CC(=O)c2cccc([N+](=O)[O-])c2)c1N.[Br-]. The molecule has 3 aromatic carbocycles. The van der Waals surface area contributed by atoms with Crippen molar-refractivity contribution in [2.24, 2.45) is 7.05 Å². The Balaban J connectivity index is 0.00000289. The molecule has 2 N–H and O–H groups in total. The van der Waals surface area contributed by atoms with E-state index in [-0.39, 0.29) is 40.6 Å². The lowest BCUT2D eigenvalue weighted by Crippen LogP contribution is -3.00. The number of carbonyl (C=O) groups excluding carboxylic acids is 1. The third-order valence-corrected chi connectivity index (χ3v) is 5.26. The Morgan fingerprint density at radius 2 is 1.59 bits per heavy atom. The fraction of sp³-hybridized carbons (Fsp3) is 0.0833. The number of rotatable bonds is 6. The van der Waals surface area contributed by atoms with E-state index in [0.29, 0.717) is 5.95 Å². The molecule has 0 spiro atoms. The largest absolute Gasteiger partial charge is 1.00 e. The van der Waals surface area contributed by atoms with Crippen LogP contribution in [0.2, 0.25) is 0 Å². The lowest BCUT2D eigenvalue weighted by molar-refractivity contribution is -0.667. The maximum Gasteiger partial charge on any atom is 0.355 e. The molecular formula is C24H21BrN4O3. The third kappa shape index (κ3) is 4.60. The van der Waals surface area contributed by atoms with E-state index < -0.39 is 4.92 Å². The Bertz CT molecular complexity index is 1270. The average Bonchev–Trinajstić information content (AvgIpc) is 3.08. The summed E-state index contributed by atoms with van der Waals surface area (Å²) in [6, 6.07) is 24.0. The highest BCUT2D eigenvalue weighted by Gasteiger charge is 2.21. The fourth-order valence-corrected chi connectivity index (χ4v) is 3.51. The molecule has 32 heavy (non-hydrogen) atoms. The minimum atomic E-state index is -0.516. The fourth-order valence-electron chi connectivity index (χ4n) is 3.51. The van der Waals surface area contributed by atoms with E-state index in [1.54, 1.807) is 10.6 Å². The first-order chi connectivity index (χ1) is 14.9. The number of halogens is 1. The van der Waals surface area contributed by atoms with E-state index in [1.165, 1.54) is 18.2 Å². The molecule has 0 fully saturated rings. The molecule has 0 atom stereocenters. The van der Waals surface area contributed by atoms with Gasteiger partial charge in [0.15, 0.2) is 5.78 Å². The van der Waals surface area contributed by atoms with Crippen molar-refractivity contribution in [3.8, 4) is 22.4 Å². The van der Waals surface area contributed by atoms with Crippen molar-refractivity contribution in [1.29, 1.82) is 0 Å². The molecule has 0 amide bonds. The number of nitrogens with two attached hydrogens (primary N) is 1. The van der Waals surface area contributed by atoms with Gasteiger partial charge in [0.05, 0.1) is 12.0 Å². The number of non-ortho nitro benzene ring substituents is 1. The normalized spacial score (nSPS) is 10.4. The van der Waals surface area contributed by atoms with Gasteiger partial charge in [0, 0.05) is 23.3 Å². The van der Waals surface area contributed by atoms with Crippen molar-refractivity contribution >= 4 is 17.4 Å². The number of nitrogens with zero attached hydrogens (tertiary/aromatic N) is 3. The minimum Gasteiger partial charge on any atom is -1.00 e. The van der Waals surface area contributed by atoms with Crippen LogP contribution in [0.4, 0.5) is 11.6 Å². The van der Waals surface area contributed by atoms with Crippen molar-refractivity contribution in [2.75, 3.05) is 5.73 Å².